The Bertz CT molecular complexity index is 714. The van der Waals surface area contributed by atoms with E-state index in [-0.39, 0.29) is 11.8 Å². The number of hydrogen-bond donors (Lipinski definition) is 1. The Balaban J connectivity index is 1.79. The highest BCUT2D eigenvalue weighted by Gasteiger charge is 2.19. The van der Waals surface area contributed by atoms with Gasteiger partial charge >= 0.3 is 6.03 Å². The first-order valence-corrected chi connectivity index (χ1v) is 8.00. The Morgan fingerprint density at radius 2 is 2.13 bits per heavy atom. The van der Waals surface area contributed by atoms with Gasteiger partial charge in [0.15, 0.2) is 0 Å². The van der Waals surface area contributed by atoms with E-state index in [9.17, 15) is 9.18 Å². The molecule has 0 saturated carbocycles. The SMILES string of the molecule is CCn1c(CN2CCCN(C(N)=O)CC2)nc2cc(F)ccc21. The van der Waals surface area contributed by atoms with Crippen LogP contribution < -0.4 is 5.73 Å². The first kappa shape index (κ1) is 15.7. The van der Waals surface area contributed by atoms with Gasteiger partial charge in [0.1, 0.15) is 11.6 Å². The normalized spacial score (nSPS) is 16.7. The average Bonchev–Trinajstić information content (AvgIpc) is 2.68. The number of aryl methyl sites for hydroxylation is 1. The molecule has 2 amide bonds. The number of urea groups is 1. The summed E-state index contributed by atoms with van der Waals surface area (Å²) in [6.45, 7) is 6.54. The van der Waals surface area contributed by atoms with Crippen molar-refractivity contribution in [3.8, 4) is 0 Å². The molecular weight excluding hydrogens is 297 g/mol. The maximum absolute atomic E-state index is 13.4. The number of benzene rings is 1. The maximum atomic E-state index is 13.4. The van der Waals surface area contributed by atoms with Crippen molar-refractivity contribution in [3.05, 3.63) is 29.8 Å². The zero-order chi connectivity index (χ0) is 16.4. The lowest BCUT2D eigenvalue weighted by Crippen LogP contribution is -2.38. The first-order chi connectivity index (χ1) is 11.1. The number of nitrogens with zero attached hydrogens (tertiary/aromatic N) is 4. The minimum absolute atomic E-state index is 0.267. The van der Waals surface area contributed by atoms with Crippen molar-refractivity contribution >= 4 is 17.1 Å². The molecule has 1 fully saturated rings. The molecule has 0 spiro atoms. The van der Waals surface area contributed by atoms with E-state index in [1.807, 2.05) is 0 Å². The quantitative estimate of drug-likeness (QED) is 0.938. The van der Waals surface area contributed by atoms with Crippen LogP contribution in [0.5, 0.6) is 0 Å². The van der Waals surface area contributed by atoms with Crippen molar-refractivity contribution < 1.29 is 9.18 Å². The summed E-state index contributed by atoms with van der Waals surface area (Å²) < 4.78 is 15.5. The highest BCUT2D eigenvalue weighted by molar-refractivity contribution is 5.76. The number of carbonyl (C=O) groups excluding carboxylic acids is 1. The van der Waals surface area contributed by atoms with E-state index in [2.05, 4.69) is 21.4 Å². The third kappa shape index (κ3) is 3.29. The Kier molecular flexibility index (Phi) is 4.47. The van der Waals surface area contributed by atoms with Gasteiger partial charge in [0.2, 0.25) is 0 Å². The predicted molar refractivity (Wildman–Crippen MR) is 86.4 cm³/mol. The lowest BCUT2D eigenvalue weighted by Gasteiger charge is -2.20. The lowest BCUT2D eigenvalue weighted by atomic mass is 10.3. The Morgan fingerprint density at radius 1 is 1.30 bits per heavy atom. The van der Waals surface area contributed by atoms with Crippen LogP contribution in [0.1, 0.15) is 19.2 Å². The average molecular weight is 319 g/mol. The number of fused-ring (bicyclic) bond motifs is 1. The number of rotatable bonds is 3. The van der Waals surface area contributed by atoms with E-state index in [0.717, 1.165) is 37.4 Å². The summed E-state index contributed by atoms with van der Waals surface area (Å²) >= 11 is 0. The second-order valence-corrected chi connectivity index (χ2v) is 5.86. The van der Waals surface area contributed by atoms with Crippen LogP contribution >= 0.6 is 0 Å². The second-order valence-electron chi connectivity index (χ2n) is 5.86. The number of primary amides is 1. The Hall–Kier alpha value is -2.15. The van der Waals surface area contributed by atoms with Crippen LogP contribution in [0.3, 0.4) is 0 Å². The lowest BCUT2D eigenvalue weighted by molar-refractivity contribution is 0.206. The van der Waals surface area contributed by atoms with Crippen molar-refractivity contribution in [2.75, 3.05) is 26.2 Å². The molecular formula is C16H22FN5O. The predicted octanol–water partition coefficient (Wildman–Crippen LogP) is 1.78. The van der Waals surface area contributed by atoms with Crippen molar-refractivity contribution in [2.45, 2.75) is 26.4 Å². The molecule has 0 atom stereocenters. The zero-order valence-electron chi connectivity index (χ0n) is 13.3. The van der Waals surface area contributed by atoms with Crippen LogP contribution in [0, 0.1) is 5.82 Å². The number of hydrogen-bond acceptors (Lipinski definition) is 3. The second kappa shape index (κ2) is 6.54. The van der Waals surface area contributed by atoms with E-state index >= 15 is 0 Å². The standard InChI is InChI=1S/C16H22FN5O/c1-2-22-14-5-4-12(17)10-13(14)19-15(22)11-20-6-3-7-21(9-8-20)16(18)23/h4-5,10H,2-3,6-9,11H2,1H3,(H2,18,23). The fourth-order valence-electron chi connectivity index (χ4n) is 3.18. The molecule has 1 aromatic heterocycles. The fraction of sp³-hybridized carbons (Fsp3) is 0.500. The van der Waals surface area contributed by atoms with Gasteiger partial charge in [0.05, 0.1) is 17.6 Å². The number of imidazole rings is 1. The smallest absolute Gasteiger partial charge is 0.314 e. The van der Waals surface area contributed by atoms with Crippen molar-refractivity contribution in [3.63, 3.8) is 0 Å². The summed E-state index contributed by atoms with van der Waals surface area (Å²) in [5.74, 6) is 0.664. The number of aromatic nitrogens is 2. The van der Waals surface area contributed by atoms with Gasteiger partial charge in [-0.15, -0.1) is 0 Å². The van der Waals surface area contributed by atoms with Gasteiger partial charge in [0, 0.05) is 38.8 Å². The fourth-order valence-corrected chi connectivity index (χ4v) is 3.18. The molecule has 2 heterocycles. The number of carbonyl (C=O) groups is 1. The molecule has 1 aromatic carbocycles. The summed E-state index contributed by atoms with van der Waals surface area (Å²) in [5.41, 5.74) is 7.01. The van der Waals surface area contributed by atoms with Crippen molar-refractivity contribution in [2.24, 2.45) is 5.73 Å². The topological polar surface area (TPSA) is 67.4 Å². The van der Waals surface area contributed by atoms with E-state index in [0.29, 0.717) is 25.2 Å². The van der Waals surface area contributed by atoms with Crippen LogP contribution in [-0.2, 0) is 13.1 Å². The summed E-state index contributed by atoms with van der Waals surface area (Å²) in [6, 6.07) is 4.36. The van der Waals surface area contributed by atoms with Gasteiger partial charge in [-0.25, -0.2) is 14.2 Å². The summed E-state index contributed by atoms with van der Waals surface area (Å²) in [6.07, 6.45) is 0.893. The number of amides is 2. The van der Waals surface area contributed by atoms with Crippen LogP contribution in [-0.4, -0.2) is 51.6 Å². The molecule has 0 aliphatic carbocycles. The molecule has 0 unspecified atom stereocenters. The van der Waals surface area contributed by atoms with Gasteiger partial charge in [-0.05, 0) is 25.5 Å². The van der Waals surface area contributed by atoms with Crippen molar-refractivity contribution in [1.82, 2.24) is 19.4 Å². The maximum Gasteiger partial charge on any atom is 0.314 e. The third-order valence-electron chi connectivity index (χ3n) is 4.37. The molecule has 1 saturated heterocycles. The summed E-state index contributed by atoms with van der Waals surface area (Å²) in [7, 11) is 0. The van der Waals surface area contributed by atoms with Gasteiger partial charge in [-0.3, -0.25) is 4.90 Å². The van der Waals surface area contributed by atoms with E-state index in [1.54, 1.807) is 11.0 Å². The summed E-state index contributed by atoms with van der Waals surface area (Å²) in [4.78, 5) is 19.8. The molecule has 3 rings (SSSR count). The molecule has 1 aliphatic heterocycles. The molecule has 6 nitrogen and oxygen atoms in total. The number of halogens is 1. The van der Waals surface area contributed by atoms with Crippen LogP contribution in [0.25, 0.3) is 11.0 Å². The van der Waals surface area contributed by atoms with Crippen LogP contribution in [0.2, 0.25) is 0 Å². The van der Waals surface area contributed by atoms with Gasteiger partial charge in [-0.2, -0.15) is 0 Å². The Labute approximate surface area is 134 Å². The van der Waals surface area contributed by atoms with Crippen LogP contribution in [0.15, 0.2) is 18.2 Å². The monoisotopic (exact) mass is 319 g/mol. The van der Waals surface area contributed by atoms with Crippen LogP contribution in [0.4, 0.5) is 9.18 Å². The molecule has 124 valence electrons. The number of nitrogens with two attached hydrogens (primary N) is 1. The van der Waals surface area contributed by atoms with Gasteiger partial charge in [0.25, 0.3) is 0 Å². The van der Waals surface area contributed by atoms with Gasteiger partial charge in [-0.1, -0.05) is 0 Å². The third-order valence-corrected chi connectivity index (χ3v) is 4.37. The minimum Gasteiger partial charge on any atom is -0.351 e. The highest BCUT2D eigenvalue weighted by atomic mass is 19.1. The molecule has 7 heteroatoms. The molecule has 0 radical (unpaired) electrons. The molecule has 2 N–H and O–H groups in total. The summed E-state index contributed by atoms with van der Waals surface area (Å²) in [5, 5.41) is 0. The van der Waals surface area contributed by atoms with E-state index in [4.69, 9.17) is 5.73 Å². The van der Waals surface area contributed by atoms with Gasteiger partial charge < -0.3 is 15.2 Å². The molecule has 0 bridgehead atoms. The molecule has 1 aliphatic rings. The largest absolute Gasteiger partial charge is 0.351 e. The first-order valence-electron chi connectivity index (χ1n) is 8.00. The van der Waals surface area contributed by atoms with Crippen molar-refractivity contribution in [1.29, 1.82) is 0 Å². The zero-order valence-corrected chi connectivity index (χ0v) is 13.3. The van der Waals surface area contributed by atoms with E-state index in [1.165, 1.54) is 12.1 Å². The Morgan fingerprint density at radius 3 is 2.87 bits per heavy atom. The molecule has 23 heavy (non-hydrogen) atoms. The highest BCUT2D eigenvalue weighted by Crippen LogP contribution is 2.19. The van der Waals surface area contributed by atoms with E-state index < -0.39 is 0 Å². The molecule has 2 aromatic rings. The minimum atomic E-state index is -0.358.